The first-order valence-corrected chi connectivity index (χ1v) is 9.16. The average Bonchev–Trinajstić information content (AvgIpc) is 3.23. The molecule has 5 heteroatoms. The summed E-state index contributed by atoms with van der Waals surface area (Å²) >= 11 is 0. The van der Waals surface area contributed by atoms with Crippen molar-refractivity contribution in [2.24, 2.45) is 7.05 Å². The maximum absolute atomic E-state index is 4.54. The van der Waals surface area contributed by atoms with Crippen molar-refractivity contribution >= 4 is 16.6 Å². The number of likely N-dealkylation sites (tertiary alicyclic amines) is 1. The number of aryl methyl sites for hydroxylation is 1. The van der Waals surface area contributed by atoms with Crippen LogP contribution in [0.2, 0.25) is 0 Å². The second-order valence-corrected chi connectivity index (χ2v) is 7.22. The fraction of sp³-hybridized carbons (Fsp3) is 0.333. The zero-order valence-electron chi connectivity index (χ0n) is 15.4. The number of fused-ring (bicyclic) bond motifs is 1. The minimum absolute atomic E-state index is 0.639. The lowest BCUT2D eigenvalue weighted by molar-refractivity contribution is 0.292. The fourth-order valence-electron chi connectivity index (χ4n) is 3.65. The molecular weight excluding hydrogens is 322 g/mol. The Hall–Kier alpha value is -2.66. The van der Waals surface area contributed by atoms with Gasteiger partial charge in [0.15, 0.2) is 0 Å². The Kier molecular flexibility index (Phi) is 4.47. The molecule has 0 aliphatic carbocycles. The molecule has 1 unspecified atom stereocenters. The van der Waals surface area contributed by atoms with Crippen LogP contribution in [-0.2, 0) is 7.05 Å². The molecule has 2 aromatic heterocycles. The molecule has 3 heterocycles. The van der Waals surface area contributed by atoms with E-state index in [1.54, 1.807) is 0 Å². The van der Waals surface area contributed by atoms with Gasteiger partial charge in [-0.2, -0.15) is 5.10 Å². The zero-order valence-corrected chi connectivity index (χ0v) is 15.4. The summed E-state index contributed by atoms with van der Waals surface area (Å²) in [7, 11) is 1.93. The molecule has 4 rings (SSSR count). The van der Waals surface area contributed by atoms with E-state index >= 15 is 0 Å². The number of benzene rings is 1. The van der Waals surface area contributed by atoms with Crippen LogP contribution in [0.1, 0.15) is 19.8 Å². The molecule has 5 nitrogen and oxygen atoms in total. The third kappa shape index (κ3) is 3.48. The van der Waals surface area contributed by atoms with Crippen molar-refractivity contribution in [1.29, 1.82) is 0 Å². The van der Waals surface area contributed by atoms with E-state index < -0.39 is 0 Å². The Balaban J connectivity index is 1.53. The van der Waals surface area contributed by atoms with Gasteiger partial charge < -0.3 is 5.32 Å². The molecule has 1 saturated heterocycles. The predicted molar refractivity (Wildman–Crippen MR) is 107 cm³/mol. The van der Waals surface area contributed by atoms with E-state index in [0.29, 0.717) is 6.04 Å². The topological polar surface area (TPSA) is 46.0 Å². The standard InChI is InChI=1S/C21H25N5/c1-15(13-26-8-4-5-16(26)2)24-21-10-19-9-17(6-7-18(19)11-22-21)20-12-23-25(3)14-20/h6-7,9-12,14,16H,1,4-5,8,13H2,2-3H3,(H,22,24). The average molecular weight is 347 g/mol. The van der Waals surface area contributed by atoms with Crippen LogP contribution >= 0.6 is 0 Å². The number of nitrogens with zero attached hydrogens (tertiary/aromatic N) is 4. The molecule has 1 aromatic carbocycles. The van der Waals surface area contributed by atoms with E-state index in [0.717, 1.165) is 46.5 Å². The smallest absolute Gasteiger partial charge is 0.130 e. The van der Waals surface area contributed by atoms with Crippen LogP contribution in [0.25, 0.3) is 21.9 Å². The van der Waals surface area contributed by atoms with Crippen molar-refractivity contribution in [3.05, 3.63) is 55.1 Å². The van der Waals surface area contributed by atoms with E-state index in [9.17, 15) is 0 Å². The number of pyridine rings is 1. The Morgan fingerprint density at radius 2 is 2.12 bits per heavy atom. The number of rotatable bonds is 5. The third-order valence-electron chi connectivity index (χ3n) is 5.15. The SMILES string of the molecule is C=C(CN1CCCC1C)Nc1cc2cc(-c3cnn(C)c3)ccc2cn1. The van der Waals surface area contributed by atoms with Gasteiger partial charge in [0.05, 0.1) is 6.20 Å². The maximum Gasteiger partial charge on any atom is 0.130 e. The van der Waals surface area contributed by atoms with Crippen LogP contribution in [0.5, 0.6) is 0 Å². The Morgan fingerprint density at radius 3 is 2.85 bits per heavy atom. The molecule has 0 amide bonds. The molecule has 1 fully saturated rings. The summed E-state index contributed by atoms with van der Waals surface area (Å²) in [4.78, 5) is 7.01. The first kappa shape index (κ1) is 16.8. The highest BCUT2D eigenvalue weighted by molar-refractivity contribution is 5.88. The van der Waals surface area contributed by atoms with Gasteiger partial charge in [0.25, 0.3) is 0 Å². The minimum atomic E-state index is 0.639. The molecule has 1 aliphatic rings. The quantitative estimate of drug-likeness (QED) is 0.756. The lowest BCUT2D eigenvalue weighted by Crippen LogP contribution is -2.30. The molecule has 1 aliphatic heterocycles. The van der Waals surface area contributed by atoms with Crippen molar-refractivity contribution in [3.8, 4) is 11.1 Å². The maximum atomic E-state index is 4.54. The second-order valence-electron chi connectivity index (χ2n) is 7.22. The van der Waals surface area contributed by atoms with Gasteiger partial charge in [0.2, 0.25) is 0 Å². The first-order chi connectivity index (χ1) is 12.6. The summed E-state index contributed by atoms with van der Waals surface area (Å²) in [5.74, 6) is 0.845. The van der Waals surface area contributed by atoms with Crippen molar-refractivity contribution in [1.82, 2.24) is 19.7 Å². The largest absolute Gasteiger partial charge is 0.343 e. The van der Waals surface area contributed by atoms with E-state index in [1.165, 1.54) is 12.8 Å². The van der Waals surface area contributed by atoms with Crippen molar-refractivity contribution in [2.75, 3.05) is 18.4 Å². The summed E-state index contributed by atoms with van der Waals surface area (Å²) in [6.45, 7) is 8.50. The van der Waals surface area contributed by atoms with Crippen LogP contribution < -0.4 is 5.32 Å². The summed E-state index contributed by atoms with van der Waals surface area (Å²) < 4.78 is 1.82. The predicted octanol–water partition coefficient (Wildman–Crippen LogP) is 4.05. The zero-order chi connectivity index (χ0) is 18.1. The fourth-order valence-corrected chi connectivity index (χ4v) is 3.65. The van der Waals surface area contributed by atoms with Gasteiger partial charge in [0, 0.05) is 48.7 Å². The number of hydrogen-bond acceptors (Lipinski definition) is 4. The Morgan fingerprint density at radius 1 is 1.23 bits per heavy atom. The van der Waals surface area contributed by atoms with Crippen LogP contribution in [0.4, 0.5) is 5.82 Å². The van der Waals surface area contributed by atoms with Gasteiger partial charge in [-0.3, -0.25) is 9.58 Å². The van der Waals surface area contributed by atoms with Gasteiger partial charge >= 0.3 is 0 Å². The molecule has 0 bridgehead atoms. The number of hydrogen-bond donors (Lipinski definition) is 1. The van der Waals surface area contributed by atoms with Crippen LogP contribution in [0.3, 0.4) is 0 Å². The van der Waals surface area contributed by atoms with Crippen molar-refractivity contribution < 1.29 is 0 Å². The molecule has 26 heavy (non-hydrogen) atoms. The summed E-state index contributed by atoms with van der Waals surface area (Å²) in [6.07, 6.45) is 8.38. The van der Waals surface area contributed by atoms with Gasteiger partial charge in [-0.25, -0.2) is 4.98 Å². The molecule has 3 aromatic rings. The molecule has 134 valence electrons. The van der Waals surface area contributed by atoms with Gasteiger partial charge in [0.1, 0.15) is 5.82 Å². The third-order valence-corrected chi connectivity index (χ3v) is 5.15. The lowest BCUT2D eigenvalue weighted by atomic mass is 10.1. The number of anilines is 1. The minimum Gasteiger partial charge on any atom is -0.343 e. The molecular formula is C21H25N5. The normalized spacial score (nSPS) is 17.7. The van der Waals surface area contributed by atoms with Crippen molar-refractivity contribution in [2.45, 2.75) is 25.8 Å². The summed E-state index contributed by atoms with van der Waals surface area (Å²) in [6, 6.07) is 9.13. The van der Waals surface area contributed by atoms with Crippen LogP contribution in [0, 0.1) is 0 Å². The number of nitrogens with one attached hydrogen (secondary N) is 1. The van der Waals surface area contributed by atoms with E-state index in [-0.39, 0.29) is 0 Å². The number of aromatic nitrogens is 3. The van der Waals surface area contributed by atoms with Crippen LogP contribution in [-0.4, -0.2) is 38.8 Å². The summed E-state index contributed by atoms with van der Waals surface area (Å²) in [5, 5.41) is 9.93. The molecule has 1 N–H and O–H groups in total. The van der Waals surface area contributed by atoms with E-state index in [4.69, 9.17) is 0 Å². The molecule has 0 spiro atoms. The van der Waals surface area contributed by atoms with Crippen LogP contribution in [0.15, 0.2) is 55.1 Å². The second kappa shape index (κ2) is 6.92. The van der Waals surface area contributed by atoms with Gasteiger partial charge in [-0.05, 0) is 49.4 Å². The Labute approximate surface area is 154 Å². The molecule has 1 atom stereocenters. The highest BCUT2D eigenvalue weighted by Gasteiger charge is 2.20. The highest BCUT2D eigenvalue weighted by atomic mass is 15.2. The lowest BCUT2D eigenvalue weighted by Gasteiger charge is -2.22. The van der Waals surface area contributed by atoms with Gasteiger partial charge in [-0.1, -0.05) is 18.7 Å². The Bertz CT molecular complexity index is 942. The van der Waals surface area contributed by atoms with E-state index in [1.807, 2.05) is 30.3 Å². The van der Waals surface area contributed by atoms with Gasteiger partial charge in [-0.15, -0.1) is 0 Å². The van der Waals surface area contributed by atoms with Crippen molar-refractivity contribution in [3.63, 3.8) is 0 Å². The summed E-state index contributed by atoms with van der Waals surface area (Å²) in [5.41, 5.74) is 3.27. The van der Waals surface area contributed by atoms with E-state index in [2.05, 4.69) is 58.1 Å². The highest BCUT2D eigenvalue weighted by Crippen LogP contribution is 2.25. The molecule has 0 radical (unpaired) electrons. The molecule has 0 saturated carbocycles. The first-order valence-electron chi connectivity index (χ1n) is 9.16. The monoisotopic (exact) mass is 347 g/mol.